The molecule has 0 bridgehead atoms. The van der Waals surface area contributed by atoms with Gasteiger partial charge in [0, 0.05) is 12.2 Å². The molecule has 0 aliphatic carbocycles. The Bertz CT molecular complexity index is 448. The minimum absolute atomic E-state index is 0.0559. The number of pyridine rings is 1. The van der Waals surface area contributed by atoms with Gasteiger partial charge in [0.2, 0.25) is 10.0 Å². The van der Waals surface area contributed by atoms with E-state index in [4.69, 9.17) is 0 Å². The van der Waals surface area contributed by atoms with Crippen LogP contribution in [-0.2, 0) is 16.6 Å². The van der Waals surface area contributed by atoms with Gasteiger partial charge in [-0.05, 0) is 19.1 Å². The van der Waals surface area contributed by atoms with Crippen LogP contribution in [0, 0.1) is 6.92 Å². The van der Waals surface area contributed by atoms with Gasteiger partial charge in [-0.3, -0.25) is 4.98 Å². The molecule has 0 fully saturated rings. The summed E-state index contributed by atoms with van der Waals surface area (Å²) in [5.41, 5.74) is 1.66. The lowest BCUT2D eigenvalue weighted by molar-refractivity contribution is 0.422. The van der Waals surface area contributed by atoms with Gasteiger partial charge < -0.3 is 0 Å². The SMILES string of the molecule is CCN(Cc1cccc(C)n1)S(=O)(=O)CBr. The predicted molar refractivity (Wildman–Crippen MR) is 67.8 cm³/mol. The maximum Gasteiger partial charge on any atom is 0.224 e. The molecule has 0 saturated heterocycles. The number of alkyl halides is 1. The monoisotopic (exact) mass is 306 g/mol. The Kier molecular flexibility index (Phi) is 4.89. The van der Waals surface area contributed by atoms with Crippen LogP contribution in [0.1, 0.15) is 18.3 Å². The number of halogens is 1. The molecule has 0 amide bonds. The first-order valence-electron chi connectivity index (χ1n) is 4.96. The molecule has 0 atom stereocenters. The molecule has 1 aromatic rings. The zero-order valence-corrected chi connectivity index (χ0v) is 11.8. The molecular weight excluding hydrogens is 292 g/mol. The van der Waals surface area contributed by atoms with Crippen molar-refractivity contribution >= 4 is 26.0 Å². The molecule has 0 spiro atoms. The van der Waals surface area contributed by atoms with Crippen molar-refractivity contribution in [1.29, 1.82) is 0 Å². The van der Waals surface area contributed by atoms with Gasteiger partial charge in [0.25, 0.3) is 0 Å². The van der Waals surface area contributed by atoms with Crippen LogP contribution in [0.25, 0.3) is 0 Å². The molecule has 1 heterocycles. The number of aryl methyl sites for hydroxylation is 1. The van der Waals surface area contributed by atoms with Gasteiger partial charge in [0.15, 0.2) is 0 Å². The van der Waals surface area contributed by atoms with E-state index in [0.717, 1.165) is 11.4 Å². The van der Waals surface area contributed by atoms with E-state index < -0.39 is 10.0 Å². The number of aromatic nitrogens is 1. The molecule has 0 saturated carbocycles. The quantitative estimate of drug-likeness (QED) is 0.781. The zero-order valence-electron chi connectivity index (χ0n) is 9.35. The van der Waals surface area contributed by atoms with Crippen LogP contribution in [0.15, 0.2) is 18.2 Å². The van der Waals surface area contributed by atoms with Gasteiger partial charge in [-0.15, -0.1) is 0 Å². The fraction of sp³-hybridized carbons (Fsp3) is 0.500. The average Bonchev–Trinajstić information content (AvgIpc) is 2.25. The summed E-state index contributed by atoms with van der Waals surface area (Å²) >= 11 is 2.99. The van der Waals surface area contributed by atoms with Crippen LogP contribution in [0.4, 0.5) is 0 Å². The number of sulfonamides is 1. The van der Waals surface area contributed by atoms with E-state index in [0.29, 0.717) is 13.1 Å². The van der Waals surface area contributed by atoms with Crippen LogP contribution < -0.4 is 0 Å². The maximum absolute atomic E-state index is 11.7. The van der Waals surface area contributed by atoms with Crippen molar-refractivity contribution in [2.75, 3.05) is 11.2 Å². The summed E-state index contributed by atoms with van der Waals surface area (Å²) in [7, 11) is -3.21. The summed E-state index contributed by atoms with van der Waals surface area (Å²) in [6.45, 7) is 4.48. The number of rotatable bonds is 5. The first-order valence-corrected chi connectivity index (χ1v) is 7.69. The highest BCUT2D eigenvalue weighted by molar-refractivity contribution is 9.10. The highest BCUT2D eigenvalue weighted by Gasteiger charge is 2.19. The first-order chi connectivity index (χ1) is 7.49. The molecule has 16 heavy (non-hydrogen) atoms. The van der Waals surface area contributed by atoms with Gasteiger partial charge >= 0.3 is 0 Å². The van der Waals surface area contributed by atoms with Gasteiger partial charge in [-0.1, -0.05) is 28.9 Å². The Balaban J connectivity index is 2.87. The summed E-state index contributed by atoms with van der Waals surface area (Å²) in [6, 6.07) is 5.60. The normalized spacial score (nSPS) is 12.0. The lowest BCUT2D eigenvalue weighted by Gasteiger charge is -2.18. The average molecular weight is 307 g/mol. The van der Waals surface area contributed by atoms with Gasteiger partial charge in [-0.25, -0.2) is 8.42 Å². The highest BCUT2D eigenvalue weighted by Crippen LogP contribution is 2.10. The molecule has 0 N–H and O–H groups in total. The standard InChI is InChI=1S/C10H15BrN2O2S/c1-3-13(16(14,15)8-11)7-10-6-4-5-9(2)12-10/h4-6H,3,7-8H2,1-2H3. The molecule has 6 heteroatoms. The molecule has 4 nitrogen and oxygen atoms in total. The maximum atomic E-state index is 11.7. The van der Waals surface area contributed by atoms with E-state index in [1.54, 1.807) is 0 Å². The van der Waals surface area contributed by atoms with Crippen molar-refractivity contribution in [2.24, 2.45) is 0 Å². The molecule has 1 aromatic heterocycles. The minimum Gasteiger partial charge on any atom is -0.257 e. The predicted octanol–water partition coefficient (Wildman–Crippen LogP) is 1.89. The molecule has 1 rings (SSSR count). The fourth-order valence-corrected chi connectivity index (χ4v) is 3.07. The molecule has 0 radical (unpaired) electrons. The second-order valence-electron chi connectivity index (χ2n) is 3.42. The Morgan fingerprint density at radius 1 is 1.44 bits per heavy atom. The summed E-state index contributed by atoms with van der Waals surface area (Å²) in [4.78, 5) is 4.29. The van der Waals surface area contributed by atoms with E-state index in [9.17, 15) is 8.42 Å². The van der Waals surface area contributed by atoms with Crippen molar-refractivity contribution in [2.45, 2.75) is 20.4 Å². The van der Waals surface area contributed by atoms with E-state index in [-0.39, 0.29) is 4.66 Å². The van der Waals surface area contributed by atoms with Crippen molar-refractivity contribution in [3.63, 3.8) is 0 Å². The molecule has 0 aromatic carbocycles. The highest BCUT2D eigenvalue weighted by atomic mass is 79.9. The van der Waals surface area contributed by atoms with Crippen LogP contribution in [0.2, 0.25) is 0 Å². The number of nitrogens with zero attached hydrogens (tertiary/aromatic N) is 2. The van der Waals surface area contributed by atoms with Crippen LogP contribution in [-0.4, -0.2) is 28.9 Å². The Hall–Kier alpha value is -0.460. The summed E-state index contributed by atoms with van der Waals surface area (Å²) in [5, 5.41) is 0. The van der Waals surface area contributed by atoms with E-state index in [1.807, 2.05) is 32.0 Å². The third kappa shape index (κ3) is 3.54. The van der Waals surface area contributed by atoms with Crippen LogP contribution in [0.3, 0.4) is 0 Å². The summed E-state index contributed by atoms with van der Waals surface area (Å²) < 4.78 is 24.7. The van der Waals surface area contributed by atoms with Crippen molar-refractivity contribution in [1.82, 2.24) is 9.29 Å². The van der Waals surface area contributed by atoms with Gasteiger partial charge in [-0.2, -0.15) is 4.31 Å². The summed E-state index contributed by atoms with van der Waals surface area (Å²) in [6.07, 6.45) is 0. The lowest BCUT2D eigenvalue weighted by atomic mass is 10.3. The van der Waals surface area contributed by atoms with Crippen molar-refractivity contribution < 1.29 is 8.42 Å². The molecular formula is C10H15BrN2O2S. The van der Waals surface area contributed by atoms with E-state index in [1.165, 1.54) is 4.31 Å². The van der Waals surface area contributed by atoms with Crippen LogP contribution in [0.5, 0.6) is 0 Å². The van der Waals surface area contributed by atoms with Gasteiger partial charge in [0.05, 0.1) is 12.2 Å². The van der Waals surface area contributed by atoms with E-state index in [2.05, 4.69) is 20.9 Å². The third-order valence-corrected chi connectivity index (χ3v) is 5.35. The fourth-order valence-electron chi connectivity index (χ4n) is 1.34. The van der Waals surface area contributed by atoms with Crippen molar-refractivity contribution in [3.8, 4) is 0 Å². The summed E-state index contributed by atoms with van der Waals surface area (Å²) in [5.74, 6) is 0. The van der Waals surface area contributed by atoms with Gasteiger partial charge in [0.1, 0.15) is 4.66 Å². The van der Waals surface area contributed by atoms with Crippen LogP contribution >= 0.6 is 15.9 Å². The smallest absolute Gasteiger partial charge is 0.224 e. The lowest BCUT2D eigenvalue weighted by Crippen LogP contribution is -2.31. The van der Waals surface area contributed by atoms with E-state index >= 15 is 0 Å². The molecule has 0 unspecified atom stereocenters. The largest absolute Gasteiger partial charge is 0.257 e. The molecule has 90 valence electrons. The topological polar surface area (TPSA) is 50.3 Å². The second kappa shape index (κ2) is 5.75. The number of hydrogen-bond donors (Lipinski definition) is 0. The molecule has 0 aliphatic heterocycles. The minimum atomic E-state index is -3.21. The second-order valence-corrected chi connectivity index (χ2v) is 6.69. The Labute approximate surface area is 105 Å². The molecule has 0 aliphatic rings. The number of hydrogen-bond acceptors (Lipinski definition) is 3. The van der Waals surface area contributed by atoms with Crippen molar-refractivity contribution in [3.05, 3.63) is 29.6 Å². The Morgan fingerprint density at radius 3 is 2.62 bits per heavy atom. The zero-order chi connectivity index (χ0) is 12.2. The first kappa shape index (κ1) is 13.6. The third-order valence-electron chi connectivity index (χ3n) is 2.17. The Morgan fingerprint density at radius 2 is 2.12 bits per heavy atom.